The highest BCUT2D eigenvalue weighted by Crippen LogP contribution is 2.32. The number of hydrogen-bond acceptors (Lipinski definition) is 1. The van der Waals surface area contributed by atoms with Crippen LogP contribution in [-0.4, -0.2) is 29.8 Å². The lowest BCUT2D eigenvalue weighted by atomic mass is 9.84. The first kappa shape index (κ1) is 9.22. The van der Waals surface area contributed by atoms with Gasteiger partial charge in [0.1, 0.15) is 0 Å². The molecular formula is C11H20NO+. The maximum absolute atomic E-state index is 10.3. The first-order valence-corrected chi connectivity index (χ1v) is 5.31. The van der Waals surface area contributed by atoms with E-state index in [9.17, 15) is 5.11 Å². The summed E-state index contributed by atoms with van der Waals surface area (Å²) < 4.78 is 0. The van der Waals surface area contributed by atoms with Gasteiger partial charge < -0.3 is 10.0 Å². The number of fused-ring (bicyclic) bond motifs is 2. The summed E-state index contributed by atoms with van der Waals surface area (Å²) in [4.78, 5) is 1.65. The molecule has 2 nitrogen and oxygen atoms in total. The monoisotopic (exact) mass is 182 g/mol. The van der Waals surface area contributed by atoms with E-state index >= 15 is 0 Å². The van der Waals surface area contributed by atoms with Crippen molar-refractivity contribution >= 4 is 0 Å². The van der Waals surface area contributed by atoms with Crippen molar-refractivity contribution < 1.29 is 10.0 Å². The molecule has 0 aliphatic carbocycles. The molecule has 2 N–H and O–H groups in total. The Morgan fingerprint density at radius 3 is 2.46 bits per heavy atom. The van der Waals surface area contributed by atoms with Crippen LogP contribution in [0.3, 0.4) is 0 Å². The third-order valence-corrected chi connectivity index (χ3v) is 3.93. The molecule has 0 aromatic rings. The van der Waals surface area contributed by atoms with Crippen LogP contribution in [0.2, 0.25) is 0 Å². The summed E-state index contributed by atoms with van der Waals surface area (Å²) in [6.07, 6.45) is 7.18. The van der Waals surface area contributed by atoms with Gasteiger partial charge in [0.25, 0.3) is 0 Å². The number of piperidine rings is 1. The molecule has 2 aliphatic rings. The first-order valence-electron chi connectivity index (χ1n) is 5.31. The minimum Gasteiger partial charge on any atom is -0.389 e. The van der Waals surface area contributed by atoms with Crippen molar-refractivity contribution in [2.75, 3.05) is 7.05 Å². The van der Waals surface area contributed by atoms with Gasteiger partial charge in [-0.25, -0.2) is 0 Å². The Morgan fingerprint density at radius 2 is 2.00 bits per heavy atom. The van der Waals surface area contributed by atoms with Gasteiger partial charge in [-0.15, -0.1) is 6.58 Å². The van der Waals surface area contributed by atoms with Crippen molar-refractivity contribution in [2.24, 2.45) is 0 Å². The molecule has 2 heteroatoms. The van der Waals surface area contributed by atoms with Crippen LogP contribution < -0.4 is 4.90 Å². The highest BCUT2D eigenvalue weighted by atomic mass is 16.3. The average Bonchev–Trinajstić information content (AvgIpc) is 2.34. The van der Waals surface area contributed by atoms with E-state index in [0.29, 0.717) is 12.1 Å². The normalized spacial score (nSPS) is 49.2. The molecule has 2 saturated heterocycles. The van der Waals surface area contributed by atoms with Gasteiger partial charge in [0.2, 0.25) is 0 Å². The molecule has 2 bridgehead atoms. The third kappa shape index (κ3) is 1.53. The molecule has 0 spiro atoms. The summed E-state index contributed by atoms with van der Waals surface area (Å²) in [5, 5.41) is 10.3. The molecule has 2 rings (SSSR count). The van der Waals surface area contributed by atoms with Crippen molar-refractivity contribution in [3.05, 3.63) is 12.7 Å². The zero-order chi connectivity index (χ0) is 9.47. The number of hydrogen-bond donors (Lipinski definition) is 2. The van der Waals surface area contributed by atoms with E-state index in [4.69, 9.17) is 0 Å². The van der Waals surface area contributed by atoms with Crippen LogP contribution in [0.25, 0.3) is 0 Å². The molecule has 2 aliphatic heterocycles. The van der Waals surface area contributed by atoms with Gasteiger partial charge in [-0.1, -0.05) is 6.08 Å². The second-order valence-corrected chi connectivity index (χ2v) is 4.84. The third-order valence-electron chi connectivity index (χ3n) is 3.93. The largest absolute Gasteiger partial charge is 0.389 e. The summed E-state index contributed by atoms with van der Waals surface area (Å²) in [7, 11) is 2.27. The smallest absolute Gasteiger partial charge is 0.0904 e. The SMILES string of the molecule is C=CCC1(O)C[C@H]2CC[C@@H](C1)[NH+]2C. The Morgan fingerprint density at radius 1 is 1.46 bits per heavy atom. The van der Waals surface area contributed by atoms with Crippen LogP contribution >= 0.6 is 0 Å². The fourth-order valence-corrected chi connectivity index (χ4v) is 3.15. The van der Waals surface area contributed by atoms with E-state index in [1.165, 1.54) is 12.8 Å². The summed E-state index contributed by atoms with van der Waals surface area (Å²) in [6, 6.07) is 1.40. The van der Waals surface area contributed by atoms with Crippen LogP contribution in [0.5, 0.6) is 0 Å². The van der Waals surface area contributed by atoms with Crippen molar-refractivity contribution in [3.63, 3.8) is 0 Å². The molecule has 13 heavy (non-hydrogen) atoms. The Labute approximate surface area is 80.2 Å². The van der Waals surface area contributed by atoms with Crippen molar-refractivity contribution in [1.82, 2.24) is 0 Å². The molecule has 2 fully saturated rings. The number of aliphatic hydroxyl groups is 1. The quantitative estimate of drug-likeness (QED) is 0.583. The van der Waals surface area contributed by atoms with Gasteiger partial charge in [0.15, 0.2) is 0 Å². The predicted molar refractivity (Wildman–Crippen MR) is 52.7 cm³/mol. The Bertz CT molecular complexity index is 200. The van der Waals surface area contributed by atoms with E-state index < -0.39 is 5.60 Å². The molecule has 0 radical (unpaired) electrons. The zero-order valence-electron chi connectivity index (χ0n) is 8.42. The van der Waals surface area contributed by atoms with Crippen molar-refractivity contribution in [3.8, 4) is 0 Å². The zero-order valence-corrected chi connectivity index (χ0v) is 8.42. The molecule has 74 valence electrons. The summed E-state index contributed by atoms with van der Waals surface area (Å²) in [5.41, 5.74) is -0.424. The van der Waals surface area contributed by atoms with E-state index in [1.807, 2.05) is 6.08 Å². The average molecular weight is 182 g/mol. The highest BCUT2D eigenvalue weighted by molar-refractivity contribution is 4.96. The van der Waals surface area contributed by atoms with Gasteiger partial charge in [-0.05, 0) is 6.42 Å². The maximum atomic E-state index is 10.3. The minimum atomic E-state index is -0.424. The molecule has 0 saturated carbocycles. The fraction of sp³-hybridized carbons (Fsp3) is 0.818. The van der Waals surface area contributed by atoms with E-state index in [0.717, 1.165) is 19.3 Å². The Kier molecular flexibility index (Phi) is 2.20. The van der Waals surface area contributed by atoms with Crippen molar-refractivity contribution in [1.29, 1.82) is 0 Å². The number of rotatable bonds is 2. The fourth-order valence-electron chi connectivity index (χ4n) is 3.15. The predicted octanol–water partition coefficient (Wildman–Crippen LogP) is 0.133. The van der Waals surface area contributed by atoms with E-state index in [2.05, 4.69) is 13.6 Å². The first-order chi connectivity index (χ1) is 6.14. The maximum Gasteiger partial charge on any atom is 0.0904 e. The lowest BCUT2D eigenvalue weighted by molar-refractivity contribution is -0.924. The number of quaternary nitrogens is 1. The summed E-state index contributed by atoms with van der Waals surface area (Å²) in [5.74, 6) is 0. The Hall–Kier alpha value is -0.340. The van der Waals surface area contributed by atoms with Crippen LogP contribution in [-0.2, 0) is 0 Å². The lowest BCUT2D eigenvalue weighted by Crippen LogP contribution is -3.16. The molecule has 4 atom stereocenters. The van der Waals surface area contributed by atoms with E-state index in [-0.39, 0.29) is 0 Å². The van der Waals surface area contributed by atoms with Gasteiger partial charge in [-0.2, -0.15) is 0 Å². The van der Waals surface area contributed by atoms with Gasteiger partial charge in [0, 0.05) is 25.7 Å². The highest BCUT2D eigenvalue weighted by Gasteiger charge is 2.48. The molecule has 0 aromatic heterocycles. The molecule has 0 amide bonds. The van der Waals surface area contributed by atoms with Crippen LogP contribution in [0.4, 0.5) is 0 Å². The lowest BCUT2D eigenvalue weighted by Gasteiger charge is -2.39. The second-order valence-electron chi connectivity index (χ2n) is 4.84. The summed E-state index contributed by atoms with van der Waals surface area (Å²) in [6.45, 7) is 3.72. The van der Waals surface area contributed by atoms with Gasteiger partial charge in [0.05, 0.1) is 24.7 Å². The van der Waals surface area contributed by atoms with Gasteiger partial charge in [-0.3, -0.25) is 0 Å². The molecule has 2 heterocycles. The second kappa shape index (κ2) is 3.10. The van der Waals surface area contributed by atoms with Gasteiger partial charge >= 0.3 is 0 Å². The standard InChI is InChI=1S/C11H19NO/c1-3-6-11(13)7-9-4-5-10(8-11)12(9)2/h3,9-10,13H,1,4-8H2,2H3/p+1/t9-,10+,11?. The molecule has 0 aromatic carbocycles. The summed E-state index contributed by atoms with van der Waals surface area (Å²) >= 11 is 0. The minimum absolute atomic E-state index is 0.424. The molecule has 2 unspecified atom stereocenters. The van der Waals surface area contributed by atoms with Crippen LogP contribution in [0, 0.1) is 0 Å². The van der Waals surface area contributed by atoms with Crippen LogP contribution in [0.1, 0.15) is 32.1 Å². The Balaban J connectivity index is 2.09. The number of nitrogens with one attached hydrogen (secondary N) is 1. The molecular weight excluding hydrogens is 162 g/mol. The van der Waals surface area contributed by atoms with Crippen LogP contribution in [0.15, 0.2) is 12.7 Å². The van der Waals surface area contributed by atoms with E-state index in [1.54, 1.807) is 4.90 Å². The topological polar surface area (TPSA) is 24.7 Å². The van der Waals surface area contributed by atoms with Crippen molar-refractivity contribution in [2.45, 2.75) is 49.8 Å².